The molecule has 0 N–H and O–H groups in total. The van der Waals surface area contributed by atoms with Crippen LogP contribution in [0.25, 0.3) is 89.2 Å². The van der Waals surface area contributed by atoms with Crippen LogP contribution in [0.1, 0.15) is 150 Å². The second-order valence-electron chi connectivity index (χ2n) is 19.7. The highest BCUT2D eigenvalue weighted by atomic mass is 32.1. The molecule has 10 heteroatoms. The Balaban J connectivity index is 1.03. The van der Waals surface area contributed by atoms with Crippen LogP contribution in [0.4, 0.5) is 0 Å². The molecule has 0 radical (unpaired) electrons. The lowest BCUT2D eigenvalue weighted by Crippen LogP contribution is -1.80. The molecule has 0 nitrogen and oxygen atoms in total. The molecule has 0 aromatic carbocycles. The summed E-state index contributed by atoms with van der Waals surface area (Å²) in [6, 6.07) is 43.3. The first-order chi connectivity index (χ1) is 36.5. The van der Waals surface area contributed by atoms with Crippen LogP contribution in [-0.2, 0) is 25.7 Å². The quantitative estimate of drug-likeness (QED) is 0.0410. The first kappa shape index (κ1) is 54.4. The first-order valence-corrected chi connectivity index (χ1v) is 35.7. The van der Waals surface area contributed by atoms with E-state index in [1.54, 1.807) is 0 Å². The summed E-state index contributed by atoms with van der Waals surface area (Å²) >= 11 is 19.9. The van der Waals surface area contributed by atoms with Crippen molar-refractivity contribution in [3.05, 3.63) is 129 Å². The van der Waals surface area contributed by atoms with E-state index in [1.807, 2.05) is 113 Å². The third kappa shape index (κ3) is 13.6. The van der Waals surface area contributed by atoms with Crippen LogP contribution >= 0.6 is 113 Å². The highest BCUT2D eigenvalue weighted by molar-refractivity contribution is 7.32. The fourth-order valence-electron chi connectivity index (χ4n) is 9.65. The van der Waals surface area contributed by atoms with Crippen molar-refractivity contribution in [2.24, 2.45) is 0 Å². The maximum Gasteiger partial charge on any atom is 0.0542 e. The molecule has 10 rings (SSSR count). The molecule has 0 fully saturated rings. The van der Waals surface area contributed by atoms with Gasteiger partial charge in [-0.1, -0.05) is 105 Å². The Hall–Kier alpha value is -3.00. The molecular formula is C64H70S10. The number of hydrogen-bond acceptors (Lipinski definition) is 10. The number of hydrogen-bond donors (Lipinski definition) is 0. The van der Waals surface area contributed by atoms with Crippen molar-refractivity contribution in [1.29, 1.82) is 0 Å². The van der Waals surface area contributed by atoms with Gasteiger partial charge in [-0.3, -0.25) is 0 Å². The molecule has 0 unspecified atom stereocenters. The zero-order chi connectivity index (χ0) is 50.6. The summed E-state index contributed by atoms with van der Waals surface area (Å²) in [7, 11) is 0. The van der Waals surface area contributed by atoms with Crippen molar-refractivity contribution in [3.8, 4) is 89.2 Å². The van der Waals surface area contributed by atoms with E-state index >= 15 is 0 Å². The number of rotatable bonds is 29. The molecule has 0 saturated carbocycles. The average Bonchev–Trinajstić information content (AvgIpc) is 4.25. The second kappa shape index (κ2) is 27.0. The summed E-state index contributed by atoms with van der Waals surface area (Å²) < 4.78 is 0. The first-order valence-electron chi connectivity index (χ1n) is 27.5. The molecule has 0 amide bonds. The number of thiophene rings is 10. The second-order valence-corrected chi connectivity index (χ2v) is 30.8. The SMILES string of the molecule is CCCCCCc1ccc(-c2ccc(-c3cc(-c4ccc(-c5ccc(CCCCCC)s5)s4)c(-c4sc(-c5ccc(-c6ccc(CCCCCC)s6)s5)cc4-c4ccc(-c5ccc(CCCCCC)s5)s4)s3)s2)s1. The molecule has 74 heavy (non-hydrogen) atoms. The minimum atomic E-state index is 1.19. The van der Waals surface area contributed by atoms with Crippen LogP contribution in [0.15, 0.2) is 109 Å². The van der Waals surface area contributed by atoms with Gasteiger partial charge >= 0.3 is 0 Å². The highest BCUT2D eigenvalue weighted by Gasteiger charge is 2.25. The Bertz CT molecular complexity index is 3050. The smallest absolute Gasteiger partial charge is 0.0542 e. The fourth-order valence-corrected chi connectivity index (χ4v) is 21.1. The Morgan fingerprint density at radius 3 is 0.730 bits per heavy atom. The maximum absolute atomic E-state index is 2.54. The van der Waals surface area contributed by atoms with Crippen molar-refractivity contribution >= 4 is 113 Å². The molecule has 10 aromatic heterocycles. The summed E-state index contributed by atoms with van der Waals surface area (Å²) in [4.78, 5) is 28.2. The van der Waals surface area contributed by atoms with Gasteiger partial charge < -0.3 is 0 Å². The number of aryl methyl sites for hydroxylation is 4. The number of unbranched alkanes of at least 4 members (excludes halogenated alkanes) is 12. The van der Waals surface area contributed by atoms with E-state index in [9.17, 15) is 0 Å². The average molecular weight is 1160 g/mol. The van der Waals surface area contributed by atoms with Crippen LogP contribution in [0, 0.1) is 0 Å². The minimum absolute atomic E-state index is 1.19. The van der Waals surface area contributed by atoms with Gasteiger partial charge in [-0.15, -0.1) is 113 Å². The molecule has 0 spiro atoms. The van der Waals surface area contributed by atoms with Gasteiger partial charge in [-0.05, 0) is 161 Å². The molecule has 386 valence electrons. The van der Waals surface area contributed by atoms with Gasteiger partial charge in [0.05, 0.1) is 9.75 Å². The Labute approximate surface area is 482 Å². The van der Waals surface area contributed by atoms with E-state index in [0.717, 1.165) is 0 Å². The van der Waals surface area contributed by atoms with Crippen LogP contribution in [0.3, 0.4) is 0 Å². The summed E-state index contributed by atoms with van der Waals surface area (Å²) in [6.45, 7) is 9.21. The third-order valence-corrected chi connectivity index (χ3v) is 26.4. The molecule has 10 aromatic rings. The summed E-state index contributed by atoms with van der Waals surface area (Å²) in [6.07, 6.45) is 25.7. The van der Waals surface area contributed by atoms with Gasteiger partial charge in [-0.2, -0.15) is 0 Å². The van der Waals surface area contributed by atoms with Gasteiger partial charge in [0, 0.05) is 98.9 Å². The predicted octanol–water partition coefficient (Wildman–Crippen LogP) is 25.8. The van der Waals surface area contributed by atoms with E-state index in [0.29, 0.717) is 0 Å². The fraction of sp³-hybridized carbons (Fsp3) is 0.375. The van der Waals surface area contributed by atoms with E-state index in [-0.39, 0.29) is 0 Å². The maximum atomic E-state index is 2.54. The van der Waals surface area contributed by atoms with Crippen LogP contribution in [0.5, 0.6) is 0 Å². The van der Waals surface area contributed by atoms with Gasteiger partial charge in [0.1, 0.15) is 0 Å². The molecule has 0 aliphatic heterocycles. The van der Waals surface area contributed by atoms with Crippen molar-refractivity contribution in [3.63, 3.8) is 0 Å². The van der Waals surface area contributed by atoms with Crippen LogP contribution in [-0.4, -0.2) is 0 Å². The predicted molar refractivity (Wildman–Crippen MR) is 346 cm³/mol. The van der Waals surface area contributed by atoms with E-state index < -0.39 is 0 Å². The molecule has 0 bridgehead atoms. The Morgan fingerprint density at radius 1 is 0.216 bits per heavy atom. The van der Waals surface area contributed by atoms with Crippen molar-refractivity contribution < 1.29 is 0 Å². The molecule has 0 atom stereocenters. The summed E-state index contributed by atoms with van der Waals surface area (Å²) in [5.41, 5.74) is 2.74. The summed E-state index contributed by atoms with van der Waals surface area (Å²) in [5.74, 6) is 0. The lowest BCUT2D eigenvalue weighted by molar-refractivity contribution is 0.670. The van der Waals surface area contributed by atoms with Crippen LogP contribution in [0.2, 0.25) is 0 Å². The molecular weight excluding hydrogens is 1090 g/mol. The Kier molecular flexibility index (Phi) is 19.9. The van der Waals surface area contributed by atoms with Crippen molar-refractivity contribution in [2.45, 2.75) is 156 Å². The molecule has 10 heterocycles. The zero-order valence-corrected chi connectivity index (χ0v) is 51.8. The third-order valence-electron chi connectivity index (χ3n) is 13.8. The van der Waals surface area contributed by atoms with Gasteiger partial charge in [0.2, 0.25) is 0 Å². The van der Waals surface area contributed by atoms with E-state index in [2.05, 4.69) is 137 Å². The monoisotopic (exact) mass is 1160 g/mol. The molecule has 0 aliphatic rings. The standard InChI is InChI=1S/C64H70S10/c1-5-9-13-17-21-43-25-29-51(65-43)55-35-33-49(69-55)47-41-61(59-39-37-57(71-59)53-31-27-45(67-53)23-19-15-11-7-3)73-63(47)64-48(50-34-36-56(70-50)52-30-26-44(66-52)22-18-14-10-6-2)42-62(74-64)60-40-38-58(72-60)54-32-28-46(68-54)24-20-16-12-8-4/h25-42H,5-24H2,1-4H3. The highest BCUT2D eigenvalue weighted by Crippen LogP contribution is 2.56. The van der Waals surface area contributed by atoms with Crippen molar-refractivity contribution in [2.75, 3.05) is 0 Å². The molecule has 0 aliphatic carbocycles. The van der Waals surface area contributed by atoms with Gasteiger partial charge in [0.15, 0.2) is 0 Å². The van der Waals surface area contributed by atoms with Gasteiger partial charge in [-0.25, -0.2) is 0 Å². The Morgan fingerprint density at radius 2 is 0.446 bits per heavy atom. The van der Waals surface area contributed by atoms with E-state index in [1.165, 1.54) is 237 Å². The topological polar surface area (TPSA) is 0 Å². The van der Waals surface area contributed by atoms with Crippen molar-refractivity contribution in [1.82, 2.24) is 0 Å². The lowest BCUT2D eigenvalue weighted by atomic mass is 10.1. The largest absolute Gasteiger partial charge is 0.139 e. The van der Waals surface area contributed by atoms with Crippen LogP contribution < -0.4 is 0 Å². The van der Waals surface area contributed by atoms with Gasteiger partial charge in [0.25, 0.3) is 0 Å². The lowest BCUT2D eigenvalue weighted by Gasteiger charge is -2.03. The van der Waals surface area contributed by atoms with E-state index in [4.69, 9.17) is 0 Å². The molecule has 0 saturated heterocycles. The zero-order valence-electron chi connectivity index (χ0n) is 43.6. The minimum Gasteiger partial charge on any atom is -0.139 e. The normalized spacial score (nSPS) is 11.8. The summed E-state index contributed by atoms with van der Waals surface area (Å²) in [5, 5.41) is 0.